The van der Waals surface area contributed by atoms with Gasteiger partial charge in [-0.25, -0.2) is 9.18 Å². The van der Waals surface area contributed by atoms with Crippen LogP contribution in [0, 0.1) is 5.82 Å². The highest BCUT2D eigenvalue weighted by Crippen LogP contribution is 2.26. The number of halogens is 1. The third kappa shape index (κ3) is 4.17. The van der Waals surface area contributed by atoms with E-state index >= 15 is 0 Å². The van der Waals surface area contributed by atoms with Gasteiger partial charge in [0.1, 0.15) is 11.5 Å². The maximum absolute atomic E-state index is 13.2. The second kappa shape index (κ2) is 8.32. The Bertz CT molecular complexity index is 948. The molecule has 6 nitrogen and oxygen atoms in total. The van der Waals surface area contributed by atoms with Crippen LogP contribution >= 0.6 is 11.3 Å². The van der Waals surface area contributed by atoms with Crippen molar-refractivity contribution in [3.63, 3.8) is 0 Å². The van der Waals surface area contributed by atoms with E-state index in [0.29, 0.717) is 17.9 Å². The highest BCUT2D eigenvalue weighted by molar-refractivity contribution is 7.17. The number of hydrogen-bond acceptors (Lipinski definition) is 5. The number of nitrogens with one attached hydrogen (secondary N) is 1. The second-order valence-corrected chi connectivity index (χ2v) is 6.83. The van der Waals surface area contributed by atoms with Crippen LogP contribution in [0.25, 0.3) is 10.2 Å². The number of thiophene rings is 1. The third-order valence-electron chi connectivity index (χ3n) is 4.11. The lowest BCUT2D eigenvalue weighted by Gasteiger charge is -2.18. The number of carbonyl (C=O) groups excluding carboxylic acids is 2. The number of aromatic nitrogens is 1. The van der Waals surface area contributed by atoms with Gasteiger partial charge in [-0.2, -0.15) is 0 Å². The lowest BCUT2D eigenvalue weighted by molar-refractivity contribution is -0.130. The van der Waals surface area contributed by atoms with Crippen LogP contribution in [0.2, 0.25) is 0 Å². The van der Waals surface area contributed by atoms with Gasteiger partial charge in [-0.3, -0.25) is 4.79 Å². The normalized spacial score (nSPS) is 12.1. The summed E-state index contributed by atoms with van der Waals surface area (Å²) in [5.41, 5.74) is 1.64. The first-order valence-electron chi connectivity index (χ1n) is 8.27. The molecule has 2 aromatic heterocycles. The zero-order chi connectivity index (χ0) is 19.4. The topological polar surface area (TPSA) is 69.6 Å². The molecule has 0 saturated carbocycles. The van der Waals surface area contributed by atoms with Gasteiger partial charge in [-0.15, -0.1) is 11.3 Å². The van der Waals surface area contributed by atoms with E-state index in [0.717, 1.165) is 10.2 Å². The molecule has 2 heterocycles. The number of fused-ring (bicyclic) bond motifs is 1. The fourth-order valence-electron chi connectivity index (χ4n) is 2.69. The van der Waals surface area contributed by atoms with Gasteiger partial charge in [0.15, 0.2) is 0 Å². The minimum atomic E-state index is -1.19. The van der Waals surface area contributed by atoms with Crippen molar-refractivity contribution in [2.24, 2.45) is 7.05 Å². The Hall–Kier alpha value is -2.71. The van der Waals surface area contributed by atoms with Gasteiger partial charge in [0.25, 0.3) is 5.91 Å². The molecule has 3 aromatic rings. The van der Waals surface area contributed by atoms with Gasteiger partial charge in [0.2, 0.25) is 6.10 Å². The van der Waals surface area contributed by atoms with Gasteiger partial charge < -0.3 is 19.4 Å². The summed E-state index contributed by atoms with van der Waals surface area (Å²) in [5, 5.41) is 4.59. The second-order valence-electron chi connectivity index (χ2n) is 5.88. The molecular formula is C19H19FN2O4S. The Morgan fingerprint density at radius 2 is 2.00 bits per heavy atom. The first kappa shape index (κ1) is 19.1. The average Bonchev–Trinajstić information content (AvgIpc) is 3.24. The van der Waals surface area contributed by atoms with Gasteiger partial charge in [-0.05, 0) is 29.6 Å². The van der Waals surface area contributed by atoms with E-state index in [1.54, 1.807) is 17.7 Å². The van der Waals surface area contributed by atoms with Crippen LogP contribution < -0.4 is 5.32 Å². The number of rotatable bonds is 7. The van der Waals surface area contributed by atoms with E-state index in [2.05, 4.69) is 5.32 Å². The predicted octanol–water partition coefficient (Wildman–Crippen LogP) is 3.04. The van der Waals surface area contributed by atoms with Crippen molar-refractivity contribution in [3.05, 3.63) is 58.9 Å². The SMILES string of the molecule is COCCNC(=O)C(OC(=O)c1cc2sccc2n1C)c1ccc(F)cc1. The maximum Gasteiger partial charge on any atom is 0.356 e. The number of methoxy groups -OCH3 is 1. The molecular weight excluding hydrogens is 371 g/mol. The molecule has 0 aliphatic rings. The number of ether oxygens (including phenoxy) is 2. The Morgan fingerprint density at radius 3 is 2.67 bits per heavy atom. The first-order chi connectivity index (χ1) is 13.0. The molecule has 1 aromatic carbocycles. The van der Waals surface area contributed by atoms with Crippen molar-refractivity contribution in [2.45, 2.75) is 6.10 Å². The van der Waals surface area contributed by atoms with Gasteiger partial charge in [0.05, 0.1) is 16.8 Å². The van der Waals surface area contributed by atoms with E-state index in [1.807, 2.05) is 11.4 Å². The standard InChI is InChI=1S/C19H19FN2O4S/c1-22-14-7-10-27-16(14)11-15(22)19(24)26-17(18(23)21-8-9-25-2)12-3-5-13(20)6-4-12/h3-7,10-11,17H,8-9H2,1-2H3,(H,21,23). The predicted molar refractivity (Wildman–Crippen MR) is 100 cm³/mol. The first-order valence-corrected chi connectivity index (χ1v) is 9.15. The van der Waals surface area contributed by atoms with Gasteiger partial charge >= 0.3 is 5.97 Å². The average molecular weight is 390 g/mol. The van der Waals surface area contributed by atoms with E-state index in [9.17, 15) is 14.0 Å². The van der Waals surface area contributed by atoms with Crippen molar-refractivity contribution in [3.8, 4) is 0 Å². The molecule has 0 radical (unpaired) electrons. The van der Waals surface area contributed by atoms with Crippen LogP contribution in [0.15, 0.2) is 41.8 Å². The van der Waals surface area contributed by atoms with Crippen molar-refractivity contribution < 1.29 is 23.5 Å². The Balaban J connectivity index is 1.84. The lowest BCUT2D eigenvalue weighted by atomic mass is 10.1. The van der Waals surface area contributed by atoms with Crippen molar-refractivity contribution in [2.75, 3.05) is 20.3 Å². The van der Waals surface area contributed by atoms with Crippen LogP contribution in [0.5, 0.6) is 0 Å². The number of hydrogen-bond donors (Lipinski definition) is 1. The molecule has 0 spiro atoms. The fourth-order valence-corrected chi connectivity index (χ4v) is 3.54. The highest BCUT2D eigenvalue weighted by Gasteiger charge is 2.27. The molecule has 3 rings (SSSR count). The van der Waals surface area contributed by atoms with Crippen LogP contribution in [0.1, 0.15) is 22.2 Å². The largest absolute Gasteiger partial charge is 0.443 e. The van der Waals surface area contributed by atoms with Crippen LogP contribution in [-0.2, 0) is 21.3 Å². The summed E-state index contributed by atoms with van der Waals surface area (Å²) in [6, 6.07) is 8.92. The third-order valence-corrected chi connectivity index (χ3v) is 4.97. The number of nitrogens with zero attached hydrogens (tertiary/aromatic N) is 1. The molecule has 142 valence electrons. The summed E-state index contributed by atoms with van der Waals surface area (Å²) in [7, 11) is 3.28. The summed E-state index contributed by atoms with van der Waals surface area (Å²) in [6.45, 7) is 0.592. The van der Waals surface area contributed by atoms with Gasteiger partial charge in [0, 0.05) is 26.3 Å². The van der Waals surface area contributed by atoms with E-state index in [4.69, 9.17) is 9.47 Å². The zero-order valence-corrected chi connectivity index (χ0v) is 15.7. The molecule has 1 amide bonds. The lowest BCUT2D eigenvalue weighted by Crippen LogP contribution is -2.34. The van der Waals surface area contributed by atoms with Crippen LogP contribution in [-0.4, -0.2) is 36.7 Å². The molecule has 1 unspecified atom stereocenters. The minimum absolute atomic E-state index is 0.268. The summed E-state index contributed by atoms with van der Waals surface area (Å²) in [6.07, 6.45) is -1.19. The summed E-state index contributed by atoms with van der Waals surface area (Å²) in [5.74, 6) is -1.56. The molecule has 1 N–H and O–H groups in total. The molecule has 0 saturated heterocycles. The highest BCUT2D eigenvalue weighted by atomic mass is 32.1. The zero-order valence-electron chi connectivity index (χ0n) is 14.9. The Morgan fingerprint density at radius 1 is 1.26 bits per heavy atom. The number of aryl methyl sites for hydroxylation is 1. The molecule has 8 heteroatoms. The number of esters is 1. The van der Waals surface area contributed by atoms with E-state index < -0.39 is 23.8 Å². The summed E-state index contributed by atoms with van der Waals surface area (Å²) >= 11 is 1.51. The fraction of sp³-hybridized carbons (Fsp3) is 0.263. The molecule has 0 fully saturated rings. The van der Waals surface area contributed by atoms with E-state index in [-0.39, 0.29) is 6.54 Å². The summed E-state index contributed by atoms with van der Waals surface area (Å²) < 4.78 is 26.3. The monoisotopic (exact) mass is 390 g/mol. The number of carbonyl (C=O) groups is 2. The quantitative estimate of drug-likeness (QED) is 0.497. The number of benzene rings is 1. The van der Waals surface area contributed by atoms with Crippen molar-refractivity contribution in [1.82, 2.24) is 9.88 Å². The molecule has 0 aliphatic heterocycles. The Kier molecular flexibility index (Phi) is 5.88. The molecule has 0 bridgehead atoms. The minimum Gasteiger partial charge on any atom is -0.443 e. The smallest absolute Gasteiger partial charge is 0.356 e. The molecule has 0 aliphatic carbocycles. The van der Waals surface area contributed by atoms with E-state index in [1.165, 1.54) is 42.7 Å². The Labute approximate surface area is 159 Å². The van der Waals surface area contributed by atoms with Crippen molar-refractivity contribution >= 4 is 33.4 Å². The molecule has 27 heavy (non-hydrogen) atoms. The van der Waals surface area contributed by atoms with Crippen molar-refractivity contribution in [1.29, 1.82) is 0 Å². The number of amides is 1. The maximum atomic E-state index is 13.2. The van der Waals surface area contributed by atoms with Crippen LogP contribution in [0.3, 0.4) is 0 Å². The summed E-state index contributed by atoms with van der Waals surface area (Å²) in [4.78, 5) is 25.2. The van der Waals surface area contributed by atoms with Gasteiger partial charge in [-0.1, -0.05) is 12.1 Å². The molecule has 1 atom stereocenters. The van der Waals surface area contributed by atoms with Crippen LogP contribution in [0.4, 0.5) is 4.39 Å².